The lowest BCUT2D eigenvalue weighted by atomic mass is 10.00. The highest BCUT2D eigenvalue weighted by atomic mass is 79.9. The zero-order valence-electron chi connectivity index (χ0n) is 14.7. The summed E-state index contributed by atoms with van der Waals surface area (Å²) in [6.45, 7) is 2.15. The number of rotatable bonds is 5. The van der Waals surface area contributed by atoms with Gasteiger partial charge in [0.05, 0.1) is 0 Å². The van der Waals surface area contributed by atoms with Gasteiger partial charge in [0.25, 0.3) is 5.56 Å². The van der Waals surface area contributed by atoms with Crippen LogP contribution in [0.15, 0.2) is 69.9 Å². The first-order chi connectivity index (χ1) is 13.1. The molecule has 4 nitrogen and oxygen atoms in total. The highest BCUT2D eigenvalue weighted by molar-refractivity contribution is 9.10. The third kappa shape index (κ3) is 4.55. The Morgan fingerprint density at radius 2 is 1.93 bits per heavy atom. The minimum absolute atomic E-state index is 0.0726. The van der Waals surface area contributed by atoms with Gasteiger partial charge in [0, 0.05) is 21.3 Å². The Labute approximate surface area is 165 Å². The van der Waals surface area contributed by atoms with E-state index in [0.717, 1.165) is 10.0 Å². The van der Waals surface area contributed by atoms with Crippen molar-refractivity contribution >= 4 is 22.0 Å². The normalized spacial score (nSPS) is 10.7. The Kier molecular flexibility index (Phi) is 5.90. The van der Waals surface area contributed by atoms with E-state index in [-0.39, 0.29) is 5.56 Å². The van der Waals surface area contributed by atoms with Gasteiger partial charge in [-0.2, -0.15) is 5.26 Å². The van der Waals surface area contributed by atoms with Gasteiger partial charge in [-0.1, -0.05) is 52.3 Å². The molecule has 0 saturated carbocycles. The lowest BCUT2D eigenvalue weighted by molar-refractivity contribution is 0.365. The van der Waals surface area contributed by atoms with Crippen molar-refractivity contribution in [2.75, 3.05) is 6.61 Å². The van der Waals surface area contributed by atoms with Crippen molar-refractivity contribution < 1.29 is 4.74 Å². The monoisotopic (exact) mass is 420 g/mol. The number of nitrogens with one attached hydrogen (secondary N) is 1. The van der Waals surface area contributed by atoms with Crippen LogP contribution < -0.4 is 10.3 Å². The fourth-order valence-electron chi connectivity index (χ4n) is 2.74. The van der Waals surface area contributed by atoms with Gasteiger partial charge in [-0.15, -0.1) is 0 Å². The number of nitriles is 1. The molecule has 27 heavy (non-hydrogen) atoms. The van der Waals surface area contributed by atoms with Gasteiger partial charge in [0.1, 0.15) is 24.0 Å². The number of ether oxygens (including phenoxy) is 1. The maximum Gasteiger partial charge on any atom is 0.266 e. The maximum absolute atomic E-state index is 12.1. The highest BCUT2D eigenvalue weighted by Gasteiger charge is 2.15. The lowest BCUT2D eigenvalue weighted by Gasteiger charge is -2.12. The first-order valence-corrected chi connectivity index (χ1v) is 9.16. The second kappa shape index (κ2) is 8.52. The summed E-state index contributed by atoms with van der Waals surface area (Å²) in [5.41, 5.74) is 2.70. The topological polar surface area (TPSA) is 65.9 Å². The second-order valence-corrected chi connectivity index (χ2v) is 6.86. The molecule has 0 atom stereocenters. The van der Waals surface area contributed by atoms with Gasteiger partial charge in [-0.3, -0.25) is 4.79 Å². The van der Waals surface area contributed by atoms with Crippen molar-refractivity contribution in [3.63, 3.8) is 0 Å². The Morgan fingerprint density at radius 3 is 2.67 bits per heavy atom. The van der Waals surface area contributed by atoms with E-state index < -0.39 is 5.56 Å². The molecule has 3 aromatic rings. The minimum atomic E-state index is -0.401. The first-order valence-electron chi connectivity index (χ1n) is 8.37. The van der Waals surface area contributed by atoms with Crippen LogP contribution in [0.1, 0.15) is 16.8 Å². The number of nitrogens with zero attached hydrogens (tertiary/aromatic N) is 1. The molecule has 5 heteroatoms. The van der Waals surface area contributed by atoms with E-state index >= 15 is 0 Å². The van der Waals surface area contributed by atoms with Crippen molar-refractivity contribution in [3.8, 4) is 22.9 Å². The van der Waals surface area contributed by atoms with Gasteiger partial charge in [0.2, 0.25) is 0 Å². The Bertz CT molecular complexity index is 1080. The number of aromatic nitrogens is 1. The molecule has 3 rings (SSSR count). The standard InChI is InChI=1S/C22H17BrN2O2/c1-15-12-18(20(14-24)22(26)25-15)19-13-17(23)9-10-21(19)27-11-5-8-16-6-3-2-4-7-16/h2-10,12-13H,11H2,1H3,(H,25,26). The van der Waals surface area contributed by atoms with Crippen LogP contribution in [0, 0.1) is 18.3 Å². The number of pyridine rings is 1. The third-order valence-electron chi connectivity index (χ3n) is 3.96. The summed E-state index contributed by atoms with van der Waals surface area (Å²) in [4.78, 5) is 14.8. The van der Waals surface area contributed by atoms with E-state index in [1.165, 1.54) is 0 Å². The number of hydrogen-bond acceptors (Lipinski definition) is 3. The molecule has 0 aliphatic heterocycles. The summed E-state index contributed by atoms with van der Waals surface area (Å²) in [6.07, 6.45) is 3.91. The molecule has 0 amide bonds. The Morgan fingerprint density at radius 1 is 1.15 bits per heavy atom. The molecular weight excluding hydrogens is 404 g/mol. The molecule has 1 aromatic heterocycles. The van der Waals surface area contributed by atoms with Crippen molar-refractivity contribution in [1.82, 2.24) is 4.98 Å². The molecule has 0 aliphatic rings. The number of hydrogen-bond donors (Lipinski definition) is 1. The van der Waals surface area contributed by atoms with Crippen molar-refractivity contribution in [3.05, 3.63) is 92.3 Å². The van der Waals surface area contributed by atoms with E-state index in [1.54, 1.807) is 13.0 Å². The predicted octanol–water partition coefficient (Wildman–Crippen LogP) is 5.08. The van der Waals surface area contributed by atoms with E-state index in [4.69, 9.17) is 4.74 Å². The van der Waals surface area contributed by atoms with Gasteiger partial charge in [0.15, 0.2) is 0 Å². The Hall–Kier alpha value is -3.10. The molecule has 0 fully saturated rings. The summed E-state index contributed by atoms with van der Waals surface area (Å²) in [6, 6.07) is 19.3. The smallest absolute Gasteiger partial charge is 0.266 e. The molecule has 1 N–H and O–H groups in total. The van der Waals surface area contributed by atoms with E-state index in [0.29, 0.717) is 29.2 Å². The largest absolute Gasteiger partial charge is 0.489 e. The molecule has 1 heterocycles. The van der Waals surface area contributed by atoms with Crippen molar-refractivity contribution in [1.29, 1.82) is 5.26 Å². The SMILES string of the molecule is Cc1cc(-c2cc(Br)ccc2OCC=Cc2ccccc2)c(C#N)c(=O)[nH]1. The third-order valence-corrected chi connectivity index (χ3v) is 4.45. The van der Waals surface area contributed by atoms with Crippen molar-refractivity contribution in [2.45, 2.75) is 6.92 Å². The number of H-pyrrole nitrogens is 1. The lowest BCUT2D eigenvalue weighted by Crippen LogP contribution is -2.13. The van der Waals surface area contributed by atoms with Gasteiger partial charge < -0.3 is 9.72 Å². The van der Waals surface area contributed by atoms with E-state index in [2.05, 4.69) is 20.9 Å². The average Bonchev–Trinajstić information content (AvgIpc) is 2.66. The van der Waals surface area contributed by atoms with Crippen LogP contribution in [-0.4, -0.2) is 11.6 Å². The quantitative estimate of drug-likeness (QED) is 0.625. The zero-order valence-corrected chi connectivity index (χ0v) is 16.3. The molecule has 0 spiro atoms. The number of aryl methyl sites for hydroxylation is 1. The summed E-state index contributed by atoms with van der Waals surface area (Å²) >= 11 is 3.45. The minimum Gasteiger partial charge on any atom is -0.489 e. The molecule has 0 unspecified atom stereocenters. The average molecular weight is 421 g/mol. The van der Waals surface area contributed by atoms with Crippen LogP contribution in [0.2, 0.25) is 0 Å². The fourth-order valence-corrected chi connectivity index (χ4v) is 3.10. The van der Waals surface area contributed by atoms with Gasteiger partial charge >= 0.3 is 0 Å². The van der Waals surface area contributed by atoms with Gasteiger partial charge in [-0.05, 0) is 42.8 Å². The molecule has 0 radical (unpaired) electrons. The predicted molar refractivity (Wildman–Crippen MR) is 111 cm³/mol. The van der Waals surface area contributed by atoms with Gasteiger partial charge in [-0.25, -0.2) is 0 Å². The summed E-state index contributed by atoms with van der Waals surface area (Å²) in [5, 5.41) is 9.42. The molecule has 134 valence electrons. The van der Waals surface area contributed by atoms with Crippen LogP contribution in [0.4, 0.5) is 0 Å². The number of aromatic amines is 1. The van der Waals surface area contributed by atoms with Crippen LogP contribution in [0.5, 0.6) is 5.75 Å². The molecule has 0 saturated heterocycles. The Balaban J connectivity index is 1.92. The fraction of sp³-hybridized carbons (Fsp3) is 0.0909. The summed E-state index contributed by atoms with van der Waals surface area (Å²) in [5.74, 6) is 0.609. The summed E-state index contributed by atoms with van der Waals surface area (Å²) in [7, 11) is 0. The van der Waals surface area contributed by atoms with Crippen LogP contribution >= 0.6 is 15.9 Å². The van der Waals surface area contributed by atoms with E-state index in [1.807, 2.05) is 66.8 Å². The number of halogens is 1. The molecular formula is C22H17BrN2O2. The maximum atomic E-state index is 12.1. The second-order valence-electron chi connectivity index (χ2n) is 5.95. The molecule has 0 aliphatic carbocycles. The van der Waals surface area contributed by atoms with Crippen molar-refractivity contribution in [2.24, 2.45) is 0 Å². The number of benzene rings is 2. The zero-order chi connectivity index (χ0) is 19.2. The van der Waals surface area contributed by atoms with E-state index in [9.17, 15) is 10.1 Å². The van der Waals surface area contributed by atoms with Crippen LogP contribution in [-0.2, 0) is 0 Å². The molecule has 2 aromatic carbocycles. The summed E-state index contributed by atoms with van der Waals surface area (Å²) < 4.78 is 6.76. The molecule has 0 bridgehead atoms. The highest BCUT2D eigenvalue weighted by Crippen LogP contribution is 2.34. The first kappa shape index (κ1) is 18.7. The van der Waals surface area contributed by atoms with Crippen LogP contribution in [0.25, 0.3) is 17.2 Å². The van der Waals surface area contributed by atoms with Crippen LogP contribution in [0.3, 0.4) is 0 Å².